The number of hydrogen-bond donors (Lipinski definition) is 6. The van der Waals surface area contributed by atoms with Crippen molar-refractivity contribution in [1.82, 2.24) is 0 Å². The summed E-state index contributed by atoms with van der Waals surface area (Å²) >= 11 is 0. The molecule has 1 saturated heterocycles. The molecule has 5 fully saturated rings. The van der Waals surface area contributed by atoms with E-state index in [1.165, 1.54) is 0 Å². The first-order valence-corrected chi connectivity index (χ1v) is 18.2. The third-order valence-corrected chi connectivity index (χ3v) is 13.5. The minimum Gasteiger partial charge on any atom is -0.726 e. The second kappa shape index (κ2) is 14.3. The summed E-state index contributed by atoms with van der Waals surface area (Å²) in [5, 5.41) is 66.7. The monoisotopic (exact) mass is 686 g/mol. The van der Waals surface area contributed by atoms with E-state index < -0.39 is 65.5 Å². The third-order valence-electron chi connectivity index (χ3n) is 13.1. The van der Waals surface area contributed by atoms with Gasteiger partial charge >= 0.3 is 29.6 Å². The molecular formula is C32H55NaO12S. The van der Waals surface area contributed by atoms with Gasteiger partial charge in [0.05, 0.1) is 36.6 Å². The Morgan fingerprint density at radius 2 is 1.59 bits per heavy atom. The van der Waals surface area contributed by atoms with E-state index in [1.807, 2.05) is 13.8 Å². The van der Waals surface area contributed by atoms with Crippen molar-refractivity contribution in [2.24, 2.45) is 46.3 Å². The van der Waals surface area contributed by atoms with Crippen LogP contribution < -0.4 is 29.6 Å². The average molecular weight is 687 g/mol. The molecule has 0 spiro atoms. The number of fused-ring (bicyclic) bond motifs is 5. The molecule has 6 N–H and O–H groups in total. The summed E-state index contributed by atoms with van der Waals surface area (Å²) in [4.78, 5) is 0. The van der Waals surface area contributed by atoms with Gasteiger partial charge in [0.15, 0.2) is 6.29 Å². The number of aliphatic hydroxyl groups excluding tert-OH is 5. The Bertz CT molecular complexity index is 1160. The fourth-order valence-corrected chi connectivity index (χ4v) is 11.4. The van der Waals surface area contributed by atoms with Crippen LogP contribution in [-0.2, 0) is 24.1 Å². The molecule has 16 atom stereocenters. The maximum Gasteiger partial charge on any atom is 1.00 e. The maximum atomic E-state index is 12.5. The molecule has 1 aliphatic heterocycles. The van der Waals surface area contributed by atoms with Crippen LogP contribution in [0.5, 0.6) is 0 Å². The van der Waals surface area contributed by atoms with E-state index in [2.05, 4.69) is 25.0 Å². The largest absolute Gasteiger partial charge is 1.00 e. The minimum atomic E-state index is -5.10. The second-order valence-corrected chi connectivity index (χ2v) is 17.0. The van der Waals surface area contributed by atoms with E-state index in [9.17, 15) is 43.6 Å². The fraction of sp³-hybridized carbons (Fsp3) is 1.00. The van der Waals surface area contributed by atoms with Crippen LogP contribution in [0.15, 0.2) is 0 Å². The van der Waals surface area contributed by atoms with Gasteiger partial charge in [0.2, 0.25) is 10.4 Å². The van der Waals surface area contributed by atoms with Crippen molar-refractivity contribution in [2.75, 3.05) is 6.61 Å². The molecule has 0 aromatic heterocycles. The molecule has 46 heavy (non-hydrogen) atoms. The van der Waals surface area contributed by atoms with Crippen molar-refractivity contribution in [3.8, 4) is 0 Å². The molecule has 0 amide bonds. The Hall–Kier alpha value is 0.550. The van der Waals surface area contributed by atoms with Crippen LogP contribution in [0.3, 0.4) is 0 Å². The van der Waals surface area contributed by atoms with Gasteiger partial charge < -0.3 is 44.7 Å². The van der Waals surface area contributed by atoms with Crippen molar-refractivity contribution in [3.63, 3.8) is 0 Å². The van der Waals surface area contributed by atoms with Crippen LogP contribution in [0.25, 0.3) is 0 Å². The molecule has 1 heterocycles. The topological polar surface area (TPSA) is 206 Å². The maximum absolute atomic E-state index is 12.5. The Labute approximate surface area is 295 Å². The van der Waals surface area contributed by atoms with Crippen LogP contribution in [0.1, 0.15) is 92.4 Å². The average Bonchev–Trinajstić information content (AvgIpc) is 3.21. The Morgan fingerprint density at radius 1 is 0.935 bits per heavy atom. The molecule has 0 aromatic rings. The summed E-state index contributed by atoms with van der Waals surface area (Å²) in [7, 11) is -5.10. The summed E-state index contributed by atoms with van der Waals surface area (Å²) in [6.07, 6.45) is -2.57. The SMILES string of the molecule is CC(C)C(CCC(C)C1CC(O)C2C1(C)CCC1C3(C)CCC(O)CC3C(O)CC12O)OC1OCC(OS(=O)(=O)[O-])C(O)C1O.[Na+]. The van der Waals surface area contributed by atoms with Crippen molar-refractivity contribution in [3.05, 3.63) is 0 Å². The van der Waals surface area contributed by atoms with E-state index in [4.69, 9.17) is 9.47 Å². The molecule has 0 aromatic carbocycles. The summed E-state index contributed by atoms with van der Waals surface area (Å²) < 4.78 is 48.8. The summed E-state index contributed by atoms with van der Waals surface area (Å²) in [6.45, 7) is 10.0. The molecule has 5 rings (SSSR count). The normalized spacial score (nSPS) is 48.9. The van der Waals surface area contributed by atoms with E-state index in [1.54, 1.807) is 0 Å². The van der Waals surface area contributed by atoms with E-state index in [0.717, 1.165) is 25.7 Å². The van der Waals surface area contributed by atoms with Crippen molar-refractivity contribution in [2.45, 2.75) is 147 Å². The predicted octanol–water partition coefficient (Wildman–Crippen LogP) is -1.55. The Balaban J connectivity index is 0.00000480. The minimum absolute atomic E-state index is 0. The fourth-order valence-electron chi connectivity index (χ4n) is 10.9. The van der Waals surface area contributed by atoms with E-state index in [0.29, 0.717) is 25.7 Å². The van der Waals surface area contributed by atoms with Crippen molar-refractivity contribution < 1.29 is 86.8 Å². The predicted molar refractivity (Wildman–Crippen MR) is 160 cm³/mol. The molecule has 0 radical (unpaired) electrons. The first-order chi connectivity index (χ1) is 20.8. The summed E-state index contributed by atoms with van der Waals surface area (Å²) in [6, 6.07) is 0. The Kier molecular flexibility index (Phi) is 12.2. The zero-order valence-electron chi connectivity index (χ0n) is 28.2. The molecular weight excluding hydrogens is 631 g/mol. The van der Waals surface area contributed by atoms with Gasteiger partial charge in [-0.05, 0) is 91.8 Å². The van der Waals surface area contributed by atoms with E-state index >= 15 is 0 Å². The van der Waals surface area contributed by atoms with Gasteiger partial charge in [0, 0.05) is 12.3 Å². The third kappa shape index (κ3) is 7.17. The first-order valence-electron chi connectivity index (χ1n) is 16.9. The van der Waals surface area contributed by atoms with Crippen LogP contribution >= 0.6 is 0 Å². The molecule has 0 bridgehead atoms. The zero-order chi connectivity index (χ0) is 33.3. The van der Waals surface area contributed by atoms with Gasteiger partial charge in [0.1, 0.15) is 18.3 Å². The van der Waals surface area contributed by atoms with Gasteiger partial charge in [-0.25, -0.2) is 8.42 Å². The van der Waals surface area contributed by atoms with Gasteiger partial charge in [-0.15, -0.1) is 0 Å². The van der Waals surface area contributed by atoms with Crippen LogP contribution in [0.4, 0.5) is 0 Å². The van der Waals surface area contributed by atoms with Gasteiger partial charge in [-0.3, -0.25) is 4.18 Å². The van der Waals surface area contributed by atoms with Gasteiger partial charge in [-0.2, -0.15) is 0 Å². The molecule has 5 aliphatic rings. The molecule has 12 nitrogen and oxygen atoms in total. The number of aliphatic hydroxyl groups is 6. The second-order valence-electron chi connectivity index (χ2n) is 16.0. The van der Waals surface area contributed by atoms with Gasteiger partial charge in [-0.1, -0.05) is 34.6 Å². The molecule has 16 unspecified atom stereocenters. The zero-order valence-corrected chi connectivity index (χ0v) is 31.0. The molecule has 262 valence electrons. The van der Waals surface area contributed by atoms with Crippen LogP contribution in [0, 0.1) is 46.3 Å². The number of hydrogen-bond acceptors (Lipinski definition) is 12. The Morgan fingerprint density at radius 3 is 2.22 bits per heavy atom. The van der Waals surface area contributed by atoms with Crippen molar-refractivity contribution >= 4 is 10.4 Å². The summed E-state index contributed by atoms with van der Waals surface area (Å²) in [5.74, 6) is -0.194. The van der Waals surface area contributed by atoms with Crippen LogP contribution in [0.2, 0.25) is 0 Å². The molecule has 4 aliphatic carbocycles. The van der Waals surface area contributed by atoms with Gasteiger partial charge in [0.25, 0.3) is 0 Å². The standard InChI is InChI=1S/C32H56O12S.Na/c1-16(2)23(43-29-27(37)26(36)24(15-42-29)44-45(39,40)41)7-6-17(3)19-13-21(34)28-31(19,5)11-9-25-30(4)10-8-18(33)12-20(30)22(35)14-32(25,28)38;/h16-29,33-38H,6-15H2,1-5H3,(H,39,40,41);/q;+1/p-1. The van der Waals surface area contributed by atoms with E-state index in [-0.39, 0.29) is 88.4 Å². The molecule has 4 saturated carbocycles. The number of ether oxygens (including phenoxy) is 2. The first kappa shape index (κ1) is 39.3. The van der Waals surface area contributed by atoms with Crippen LogP contribution in [-0.4, -0.2) is 105 Å². The van der Waals surface area contributed by atoms with Crippen molar-refractivity contribution in [1.29, 1.82) is 0 Å². The smallest absolute Gasteiger partial charge is 0.726 e. The summed E-state index contributed by atoms with van der Waals surface area (Å²) in [5.41, 5.74) is -1.83. The quantitative estimate of drug-likeness (QED) is 0.0927. The number of rotatable bonds is 9. The molecule has 14 heteroatoms.